The van der Waals surface area contributed by atoms with Gasteiger partial charge >= 0.3 is 0 Å². The molecule has 2 heterocycles. The van der Waals surface area contributed by atoms with Gasteiger partial charge in [0.1, 0.15) is 0 Å². The van der Waals surface area contributed by atoms with Gasteiger partial charge in [-0.2, -0.15) is 0 Å². The Kier molecular flexibility index (Phi) is 3.22. The zero-order chi connectivity index (χ0) is 11.7. The Morgan fingerprint density at radius 3 is 2.59 bits per heavy atom. The summed E-state index contributed by atoms with van der Waals surface area (Å²) in [7, 11) is 0. The van der Waals surface area contributed by atoms with E-state index in [4.69, 9.17) is 14.2 Å². The van der Waals surface area contributed by atoms with Crippen LogP contribution in [-0.4, -0.2) is 38.0 Å². The molecule has 0 unspecified atom stereocenters. The molecule has 0 aromatic heterocycles. The van der Waals surface area contributed by atoms with Crippen molar-refractivity contribution in [1.29, 1.82) is 0 Å². The van der Waals surface area contributed by atoms with Crippen LogP contribution in [0.2, 0.25) is 0 Å². The van der Waals surface area contributed by atoms with Crippen LogP contribution in [0.15, 0.2) is 16.6 Å². The lowest BCUT2D eigenvalue weighted by Crippen LogP contribution is -2.35. The molecule has 0 radical (unpaired) electrons. The van der Waals surface area contributed by atoms with Crippen LogP contribution in [0.1, 0.15) is 5.56 Å². The van der Waals surface area contributed by atoms with Gasteiger partial charge in [-0.1, -0.05) is 15.9 Å². The summed E-state index contributed by atoms with van der Waals surface area (Å²) in [5.74, 6) is 1.67. The molecule has 0 saturated carbocycles. The van der Waals surface area contributed by atoms with Crippen LogP contribution in [0.25, 0.3) is 0 Å². The number of benzene rings is 1. The first-order valence-electron chi connectivity index (χ1n) is 5.71. The first-order valence-corrected chi connectivity index (χ1v) is 6.50. The Hall–Kier alpha value is -0.780. The highest BCUT2D eigenvalue weighted by Crippen LogP contribution is 2.37. The van der Waals surface area contributed by atoms with E-state index >= 15 is 0 Å². The summed E-state index contributed by atoms with van der Waals surface area (Å²) >= 11 is 3.58. The molecule has 17 heavy (non-hydrogen) atoms. The molecule has 1 aromatic rings. The largest absolute Gasteiger partial charge is 0.454 e. The predicted octanol–water partition coefficient (Wildman–Crippen LogP) is 2.01. The number of hydrogen-bond acceptors (Lipinski definition) is 4. The summed E-state index contributed by atoms with van der Waals surface area (Å²) in [6.07, 6.45) is 0. The maximum absolute atomic E-state index is 5.40. The van der Waals surface area contributed by atoms with Crippen molar-refractivity contribution >= 4 is 15.9 Å². The number of halogens is 1. The van der Waals surface area contributed by atoms with Crippen molar-refractivity contribution in [2.24, 2.45) is 0 Å². The fraction of sp³-hybridized carbons (Fsp3) is 0.500. The lowest BCUT2D eigenvalue weighted by atomic mass is 10.2. The molecule has 0 atom stereocenters. The molecule has 0 spiro atoms. The van der Waals surface area contributed by atoms with Crippen molar-refractivity contribution in [3.63, 3.8) is 0 Å². The maximum Gasteiger partial charge on any atom is 0.231 e. The Morgan fingerprint density at radius 2 is 1.82 bits per heavy atom. The van der Waals surface area contributed by atoms with E-state index in [1.807, 2.05) is 6.07 Å². The second-order valence-electron chi connectivity index (χ2n) is 4.19. The van der Waals surface area contributed by atoms with Gasteiger partial charge in [0.05, 0.1) is 13.2 Å². The van der Waals surface area contributed by atoms with Gasteiger partial charge in [0.25, 0.3) is 0 Å². The fourth-order valence-electron chi connectivity index (χ4n) is 2.08. The third-order valence-corrected chi connectivity index (χ3v) is 3.78. The van der Waals surface area contributed by atoms with Crippen LogP contribution in [-0.2, 0) is 11.3 Å². The molecular weight excluding hydrogens is 286 g/mol. The zero-order valence-electron chi connectivity index (χ0n) is 9.45. The van der Waals surface area contributed by atoms with E-state index in [2.05, 4.69) is 26.9 Å². The highest BCUT2D eigenvalue weighted by atomic mass is 79.9. The molecule has 2 aliphatic rings. The van der Waals surface area contributed by atoms with Crippen LogP contribution >= 0.6 is 15.9 Å². The first-order chi connectivity index (χ1) is 8.33. The van der Waals surface area contributed by atoms with E-state index in [1.165, 1.54) is 5.56 Å². The molecule has 4 nitrogen and oxygen atoms in total. The van der Waals surface area contributed by atoms with Gasteiger partial charge in [-0.25, -0.2) is 0 Å². The minimum Gasteiger partial charge on any atom is -0.454 e. The van der Waals surface area contributed by atoms with Crippen LogP contribution in [0.5, 0.6) is 11.5 Å². The third-order valence-electron chi connectivity index (χ3n) is 3.04. The molecule has 2 aliphatic heterocycles. The molecule has 0 bridgehead atoms. The third kappa shape index (κ3) is 2.41. The molecule has 1 fully saturated rings. The minimum atomic E-state index is 0.322. The van der Waals surface area contributed by atoms with Crippen molar-refractivity contribution in [2.45, 2.75) is 6.54 Å². The molecule has 3 rings (SSSR count). The van der Waals surface area contributed by atoms with Crippen molar-refractivity contribution in [1.82, 2.24) is 4.90 Å². The predicted molar refractivity (Wildman–Crippen MR) is 66.4 cm³/mol. The van der Waals surface area contributed by atoms with Crippen molar-refractivity contribution < 1.29 is 14.2 Å². The van der Waals surface area contributed by atoms with Crippen LogP contribution < -0.4 is 9.47 Å². The number of morpholine rings is 1. The number of ether oxygens (including phenoxy) is 3. The summed E-state index contributed by atoms with van der Waals surface area (Å²) in [4.78, 5) is 2.38. The number of fused-ring (bicyclic) bond motifs is 1. The lowest BCUT2D eigenvalue weighted by molar-refractivity contribution is 0.0341. The quantitative estimate of drug-likeness (QED) is 0.836. The van der Waals surface area contributed by atoms with E-state index in [1.54, 1.807) is 0 Å². The number of hydrogen-bond donors (Lipinski definition) is 0. The molecule has 1 saturated heterocycles. The van der Waals surface area contributed by atoms with Gasteiger partial charge in [0, 0.05) is 24.1 Å². The summed E-state index contributed by atoms with van der Waals surface area (Å²) < 4.78 is 17.2. The van der Waals surface area contributed by atoms with E-state index in [9.17, 15) is 0 Å². The van der Waals surface area contributed by atoms with E-state index in [0.717, 1.165) is 48.8 Å². The highest BCUT2D eigenvalue weighted by molar-refractivity contribution is 9.10. The van der Waals surface area contributed by atoms with Crippen LogP contribution in [0.4, 0.5) is 0 Å². The summed E-state index contributed by atoms with van der Waals surface area (Å²) in [5, 5.41) is 0. The van der Waals surface area contributed by atoms with Gasteiger partial charge in [-0.15, -0.1) is 0 Å². The Balaban J connectivity index is 1.78. The molecule has 0 aliphatic carbocycles. The molecule has 5 heteroatoms. The van der Waals surface area contributed by atoms with Crippen LogP contribution in [0.3, 0.4) is 0 Å². The lowest BCUT2D eigenvalue weighted by Gasteiger charge is -2.27. The molecular formula is C12H14BrNO3. The van der Waals surface area contributed by atoms with Crippen LogP contribution in [0, 0.1) is 0 Å². The first kappa shape index (κ1) is 11.3. The summed E-state index contributed by atoms with van der Waals surface area (Å²) in [5.41, 5.74) is 1.23. The minimum absolute atomic E-state index is 0.322. The zero-order valence-corrected chi connectivity index (χ0v) is 11.0. The number of nitrogens with zero attached hydrogens (tertiary/aromatic N) is 1. The fourth-order valence-corrected chi connectivity index (χ4v) is 2.53. The Labute approximate surface area is 109 Å². The monoisotopic (exact) mass is 299 g/mol. The van der Waals surface area contributed by atoms with Gasteiger partial charge < -0.3 is 14.2 Å². The SMILES string of the molecule is Brc1cc2c(cc1CN1CCOCC1)OCO2. The number of rotatable bonds is 2. The van der Waals surface area contributed by atoms with Gasteiger partial charge in [-0.05, 0) is 17.7 Å². The molecule has 92 valence electrons. The average molecular weight is 300 g/mol. The molecule has 1 aromatic carbocycles. The van der Waals surface area contributed by atoms with E-state index < -0.39 is 0 Å². The second kappa shape index (κ2) is 4.84. The van der Waals surface area contributed by atoms with E-state index in [-0.39, 0.29) is 0 Å². The van der Waals surface area contributed by atoms with E-state index in [0.29, 0.717) is 6.79 Å². The summed E-state index contributed by atoms with van der Waals surface area (Å²) in [6, 6.07) is 4.04. The van der Waals surface area contributed by atoms with Crippen molar-refractivity contribution in [3.05, 3.63) is 22.2 Å². The summed E-state index contributed by atoms with van der Waals surface area (Å²) in [6.45, 7) is 4.86. The Bertz CT molecular complexity index is 418. The van der Waals surface area contributed by atoms with Crippen molar-refractivity contribution in [3.8, 4) is 11.5 Å². The van der Waals surface area contributed by atoms with Gasteiger partial charge in [0.2, 0.25) is 6.79 Å². The normalized spacial score (nSPS) is 19.6. The molecule has 0 N–H and O–H groups in total. The van der Waals surface area contributed by atoms with Gasteiger partial charge in [0.15, 0.2) is 11.5 Å². The molecule has 0 amide bonds. The Morgan fingerprint density at radius 1 is 1.12 bits per heavy atom. The van der Waals surface area contributed by atoms with Crippen molar-refractivity contribution in [2.75, 3.05) is 33.1 Å². The topological polar surface area (TPSA) is 30.9 Å². The second-order valence-corrected chi connectivity index (χ2v) is 5.04. The smallest absolute Gasteiger partial charge is 0.231 e. The van der Waals surface area contributed by atoms with Gasteiger partial charge in [-0.3, -0.25) is 4.90 Å². The highest BCUT2D eigenvalue weighted by Gasteiger charge is 2.18. The maximum atomic E-state index is 5.40. The standard InChI is InChI=1S/C12H14BrNO3/c13-10-6-12-11(16-8-17-12)5-9(10)7-14-1-3-15-4-2-14/h5-6H,1-4,7-8H2. The average Bonchev–Trinajstić information content (AvgIpc) is 2.78.